The molecule has 17 heavy (non-hydrogen) atoms. The van der Waals surface area contributed by atoms with Crippen molar-refractivity contribution in [1.29, 1.82) is 0 Å². The van der Waals surface area contributed by atoms with E-state index in [1.807, 2.05) is 13.0 Å². The van der Waals surface area contributed by atoms with Gasteiger partial charge in [0.1, 0.15) is 0 Å². The highest BCUT2D eigenvalue weighted by Crippen LogP contribution is 2.52. The highest BCUT2D eigenvalue weighted by atomic mass is 16.5. The van der Waals surface area contributed by atoms with Gasteiger partial charge in [-0.3, -0.25) is 4.79 Å². The molecule has 5 nitrogen and oxygen atoms in total. The van der Waals surface area contributed by atoms with Crippen LogP contribution in [0.4, 0.5) is 5.95 Å². The molecule has 0 spiro atoms. The minimum absolute atomic E-state index is 0.0314. The summed E-state index contributed by atoms with van der Waals surface area (Å²) < 4.78 is 5.05. The van der Waals surface area contributed by atoms with E-state index in [0.717, 1.165) is 19.0 Å². The Kier molecular flexibility index (Phi) is 2.46. The van der Waals surface area contributed by atoms with Gasteiger partial charge in [-0.05, 0) is 24.8 Å². The van der Waals surface area contributed by atoms with Crippen LogP contribution in [0.2, 0.25) is 0 Å². The summed E-state index contributed by atoms with van der Waals surface area (Å²) in [5, 5.41) is 0. The molecular formula is C12H15N3O2. The number of hydrogen-bond donors (Lipinski definition) is 0. The second-order valence-electron chi connectivity index (χ2n) is 4.56. The molecule has 1 saturated heterocycles. The normalized spacial score (nSPS) is 29.9. The number of carbonyl (C=O) groups is 1. The minimum atomic E-state index is -0.0314. The van der Waals surface area contributed by atoms with Gasteiger partial charge >= 0.3 is 5.97 Å². The lowest BCUT2D eigenvalue weighted by atomic mass is 10.3. The fourth-order valence-electron chi connectivity index (χ4n) is 2.73. The Bertz CT molecular complexity index is 411. The monoisotopic (exact) mass is 233 g/mol. The number of fused-ring (bicyclic) bond motifs is 1. The van der Waals surface area contributed by atoms with Gasteiger partial charge in [0, 0.05) is 25.5 Å². The molecule has 2 fully saturated rings. The van der Waals surface area contributed by atoms with Gasteiger partial charge in [0.05, 0.1) is 12.5 Å². The van der Waals surface area contributed by atoms with Crippen LogP contribution >= 0.6 is 0 Å². The molecular weight excluding hydrogens is 218 g/mol. The number of piperidine rings is 1. The third kappa shape index (κ3) is 1.75. The van der Waals surface area contributed by atoms with Gasteiger partial charge in [-0.2, -0.15) is 0 Å². The Labute approximate surface area is 99.8 Å². The molecule has 2 aliphatic rings. The Morgan fingerprint density at radius 2 is 2.06 bits per heavy atom. The van der Waals surface area contributed by atoms with Crippen LogP contribution in [-0.2, 0) is 9.53 Å². The number of carbonyl (C=O) groups excluding carboxylic acids is 1. The highest BCUT2D eigenvalue weighted by Gasteiger charge is 2.60. The van der Waals surface area contributed by atoms with Gasteiger partial charge in [-0.25, -0.2) is 9.97 Å². The summed E-state index contributed by atoms with van der Waals surface area (Å²) in [4.78, 5) is 22.2. The van der Waals surface area contributed by atoms with Crippen molar-refractivity contribution in [3.63, 3.8) is 0 Å². The molecule has 2 heterocycles. The Morgan fingerprint density at radius 1 is 1.41 bits per heavy atom. The van der Waals surface area contributed by atoms with Crippen LogP contribution in [0.15, 0.2) is 18.5 Å². The average Bonchev–Trinajstić information content (AvgIpc) is 2.86. The quantitative estimate of drug-likeness (QED) is 0.720. The molecule has 3 rings (SSSR count). The highest BCUT2D eigenvalue weighted by molar-refractivity contribution is 5.77. The van der Waals surface area contributed by atoms with E-state index in [1.54, 1.807) is 12.4 Å². The number of rotatable bonds is 3. The zero-order chi connectivity index (χ0) is 11.8. The van der Waals surface area contributed by atoms with Crippen LogP contribution in [0.3, 0.4) is 0 Å². The van der Waals surface area contributed by atoms with Crippen molar-refractivity contribution in [2.24, 2.45) is 17.8 Å². The van der Waals surface area contributed by atoms with Crippen molar-refractivity contribution in [2.75, 3.05) is 24.6 Å². The predicted octanol–water partition coefficient (Wildman–Crippen LogP) is 0.722. The van der Waals surface area contributed by atoms with E-state index in [9.17, 15) is 4.79 Å². The number of nitrogens with zero attached hydrogens (tertiary/aromatic N) is 3. The molecule has 1 saturated carbocycles. The summed E-state index contributed by atoms with van der Waals surface area (Å²) in [6, 6.07) is 1.81. The summed E-state index contributed by atoms with van der Waals surface area (Å²) in [7, 11) is 0. The van der Waals surface area contributed by atoms with Gasteiger partial charge in [0.15, 0.2) is 0 Å². The van der Waals surface area contributed by atoms with Gasteiger partial charge < -0.3 is 9.64 Å². The summed E-state index contributed by atoms with van der Waals surface area (Å²) in [6.45, 7) is 4.07. The first-order valence-corrected chi connectivity index (χ1v) is 6.00. The number of ether oxygens (including phenoxy) is 1. The van der Waals surface area contributed by atoms with Crippen molar-refractivity contribution >= 4 is 11.9 Å². The molecule has 2 unspecified atom stereocenters. The maximum atomic E-state index is 11.6. The van der Waals surface area contributed by atoms with Crippen LogP contribution in [0, 0.1) is 17.8 Å². The van der Waals surface area contributed by atoms with E-state index >= 15 is 0 Å². The van der Waals surface area contributed by atoms with E-state index in [0.29, 0.717) is 18.4 Å². The van der Waals surface area contributed by atoms with Gasteiger partial charge in [0.2, 0.25) is 5.95 Å². The topological polar surface area (TPSA) is 55.3 Å². The van der Waals surface area contributed by atoms with Gasteiger partial charge in [-0.15, -0.1) is 0 Å². The molecule has 1 aromatic rings. The van der Waals surface area contributed by atoms with E-state index in [4.69, 9.17) is 4.74 Å². The second kappa shape index (κ2) is 3.98. The lowest BCUT2D eigenvalue weighted by Crippen LogP contribution is -2.28. The predicted molar refractivity (Wildman–Crippen MR) is 61.3 cm³/mol. The first-order chi connectivity index (χ1) is 8.31. The number of esters is 1. The van der Waals surface area contributed by atoms with Crippen LogP contribution in [0.1, 0.15) is 6.92 Å². The van der Waals surface area contributed by atoms with Gasteiger partial charge in [-0.1, -0.05) is 0 Å². The van der Waals surface area contributed by atoms with E-state index in [-0.39, 0.29) is 11.9 Å². The maximum Gasteiger partial charge on any atom is 0.309 e. The largest absolute Gasteiger partial charge is 0.466 e. The molecule has 1 aliphatic carbocycles. The zero-order valence-corrected chi connectivity index (χ0v) is 9.74. The van der Waals surface area contributed by atoms with E-state index < -0.39 is 0 Å². The SMILES string of the molecule is CCOC(=O)C1C2CN(c3ncccn3)CC21. The van der Waals surface area contributed by atoms with Gasteiger partial charge in [0.25, 0.3) is 0 Å². The summed E-state index contributed by atoms with van der Waals surface area (Å²) >= 11 is 0. The lowest BCUT2D eigenvalue weighted by Gasteiger charge is -2.18. The fraction of sp³-hybridized carbons (Fsp3) is 0.583. The molecule has 90 valence electrons. The Balaban J connectivity index is 1.60. The molecule has 0 aromatic carbocycles. The second-order valence-corrected chi connectivity index (χ2v) is 4.56. The number of anilines is 1. The van der Waals surface area contributed by atoms with Crippen molar-refractivity contribution in [3.8, 4) is 0 Å². The smallest absolute Gasteiger partial charge is 0.309 e. The van der Waals surface area contributed by atoms with Crippen molar-refractivity contribution in [3.05, 3.63) is 18.5 Å². The third-order valence-electron chi connectivity index (χ3n) is 3.59. The molecule has 5 heteroatoms. The minimum Gasteiger partial charge on any atom is -0.466 e. The fourth-order valence-corrected chi connectivity index (χ4v) is 2.73. The van der Waals surface area contributed by atoms with E-state index in [2.05, 4.69) is 14.9 Å². The molecule has 1 aromatic heterocycles. The summed E-state index contributed by atoms with van der Waals surface area (Å²) in [5.74, 6) is 1.74. The molecule has 1 aliphatic heterocycles. The molecule has 0 radical (unpaired) electrons. The zero-order valence-electron chi connectivity index (χ0n) is 9.74. The summed E-state index contributed by atoms with van der Waals surface area (Å²) in [5.41, 5.74) is 0. The molecule has 0 N–H and O–H groups in total. The third-order valence-corrected chi connectivity index (χ3v) is 3.59. The maximum absolute atomic E-state index is 11.6. The lowest BCUT2D eigenvalue weighted by molar-refractivity contribution is -0.145. The number of hydrogen-bond acceptors (Lipinski definition) is 5. The van der Waals surface area contributed by atoms with Crippen molar-refractivity contribution in [1.82, 2.24) is 9.97 Å². The van der Waals surface area contributed by atoms with Crippen LogP contribution < -0.4 is 4.90 Å². The van der Waals surface area contributed by atoms with Crippen LogP contribution in [-0.4, -0.2) is 35.6 Å². The van der Waals surface area contributed by atoms with Crippen molar-refractivity contribution < 1.29 is 9.53 Å². The van der Waals surface area contributed by atoms with Crippen LogP contribution in [0.5, 0.6) is 0 Å². The molecule has 0 amide bonds. The first-order valence-electron chi connectivity index (χ1n) is 6.00. The molecule has 2 atom stereocenters. The number of aromatic nitrogens is 2. The molecule has 0 bridgehead atoms. The van der Waals surface area contributed by atoms with E-state index in [1.165, 1.54) is 0 Å². The van der Waals surface area contributed by atoms with Crippen LogP contribution in [0.25, 0.3) is 0 Å². The first kappa shape index (κ1) is 10.5. The standard InChI is InChI=1S/C12H15N3O2/c1-2-17-11(16)10-8-6-15(7-9(8)10)12-13-4-3-5-14-12/h3-5,8-10H,2,6-7H2,1H3. The van der Waals surface area contributed by atoms with Crippen molar-refractivity contribution in [2.45, 2.75) is 6.92 Å². The Morgan fingerprint density at radius 3 is 2.65 bits per heavy atom. The average molecular weight is 233 g/mol. The Hall–Kier alpha value is -1.65. The summed E-state index contributed by atoms with van der Waals surface area (Å²) in [6.07, 6.45) is 3.49.